The number of hydrogen-bond donors (Lipinski definition) is 2. The van der Waals surface area contributed by atoms with Crippen LogP contribution in [0.15, 0.2) is 36.5 Å². The molecule has 0 radical (unpaired) electrons. The summed E-state index contributed by atoms with van der Waals surface area (Å²) in [6, 6.07) is 7.01. The van der Waals surface area contributed by atoms with Gasteiger partial charge in [0.15, 0.2) is 11.3 Å². The fourth-order valence-electron chi connectivity index (χ4n) is 2.23. The van der Waals surface area contributed by atoms with E-state index in [0.717, 1.165) is 0 Å². The summed E-state index contributed by atoms with van der Waals surface area (Å²) in [4.78, 5) is 16.8. The van der Waals surface area contributed by atoms with Crippen molar-refractivity contribution in [3.05, 3.63) is 53.6 Å². The molecule has 0 saturated carbocycles. The highest BCUT2D eigenvalue weighted by Crippen LogP contribution is 2.21. The third-order valence-corrected chi connectivity index (χ3v) is 3.41. The van der Waals surface area contributed by atoms with Gasteiger partial charge in [0.25, 0.3) is 0 Å². The highest BCUT2D eigenvalue weighted by atomic mass is 19.1. The SMILES string of the molecule is CN(Cc1cc(F)ccc1O)c1ccc2ncc(C(=O)O)n2n1. The lowest BCUT2D eigenvalue weighted by atomic mass is 10.2. The van der Waals surface area contributed by atoms with Crippen LogP contribution < -0.4 is 4.90 Å². The molecular weight excluding hydrogens is 303 g/mol. The number of nitrogens with zero attached hydrogens (tertiary/aromatic N) is 4. The largest absolute Gasteiger partial charge is 0.508 e. The number of carbonyl (C=O) groups is 1. The number of fused-ring (bicyclic) bond motifs is 1. The Balaban J connectivity index is 1.94. The van der Waals surface area contributed by atoms with Gasteiger partial charge in [0.05, 0.1) is 6.20 Å². The van der Waals surface area contributed by atoms with Crippen molar-refractivity contribution in [1.82, 2.24) is 14.6 Å². The Bertz CT molecular complexity index is 894. The number of imidazole rings is 1. The molecule has 2 heterocycles. The summed E-state index contributed by atoms with van der Waals surface area (Å²) in [5.41, 5.74) is 0.760. The molecule has 118 valence electrons. The molecule has 0 spiro atoms. The van der Waals surface area contributed by atoms with Crippen LogP contribution in [-0.2, 0) is 6.54 Å². The van der Waals surface area contributed by atoms with E-state index >= 15 is 0 Å². The number of phenols is 1. The Morgan fingerprint density at radius 1 is 1.35 bits per heavy atom. The van der Waals surface area contributed by atoms with Crippen molar-refractivity contribution in [2.75, 3.05) is 11.9 Å². The molecule has 0 saturated heterocycles. The van der Waals surface area contributed by atoms with Gasteiger partial charge >= 0.3 is 5.97 Å². The first-order valence-corrected chi connectivity index (χ1v) is 6.72. The molecule has 0 atom stereocenters. The summed E-state index contributed by atoms with van der Waals surface area (Å²) >= 11 is 0. The van der Waals surface area contributed by atoms with Crippen molar-refractivity contribution in [3.63, 3.8) is 0 Å². The van der Waals surface area contributed by atoms with E-state index in [1.807, 2.05) is 0 Å². The van der Waals surface area contributed by atoms with Gasteiger partial charge in [0.1, 0.15) is 17.4 Å². The zero-order chi connectivity index (χ0) is 16.6. The molecule has 8 heteroatoms. The summed E-state index contributed by atoms with van der Waals surface area (Å²) in [5.74, 6) is -1.14. The first-order chi connectivity index (χ1) is 11.0. The zero-order valence-corrected chi connectivity index (χ0v) is 12.1. The van der Waals surface area contributed by atoms with Crippen molar-refractivity contribution in [2.24, 2.45) is 0 Å². The van der Waals surface area contributed by atoms with E-state index in [1.165, 1.54) is 28.9 Å². The number of benzene rings is 1. The summed E-state index contributed by atoms with van der Waals surface area (Å²) < 4.78 is 14.5. The van der Waals surface area contributed by atoms with Crippen LogP contribution in [0.4, 0.5) is 10.2 Å². The molecule has 0 aliphatic rings. The first kappa shape index (κ1) is 14.8. The number of carboxylic acids is 1. The average molecular weight is 316 g/mol. The molecule has 7 nitrogen and oxygen atoms in total. The number of aromatic carboxylic acids is 1. The standard InChI is InChI=1S/C15H13FN4O3/c1-19(8-9-6-10(16)2-3-12(9)21)14-5-4-13-17-7-11(15(22)23)20(13)18-14/h2-7,21H,8H2,1H3,(H,22,23). The third kappa shape index (κ3) is 2.78. The van der Waals surface area contributed by atoms with Crippen molar-refractivity contribution >= 4 is 17.4 Å². The highest BCUT2D eigenvalue weighted by molar-refractivity contribution is 5.86. The lowest BCUT2D eigenvalue weighted by molar-refractivity contribution is 0.0688. The van der Waals surface area contributed by atoms with Gasteiger partial charge in [-0.2, -0.15) is 0 Å². The van der Waals surface area contributed by atoms with Crippen LogP contribution in [0.3, 0.4) is 0 Å². The van der Waals surface area contributed by atoms with Crippen LogP contribution in [0, 0.1) is 5.82 Å². The van der Waals surface area contributed by atoms with Crippen LogP contribution in [0.25, 0.3) is 5.65 Å². The van der Waals surface area contributed by atoms with Crippen LogP contribution in [0.2, 0.25) is 0 Å². The number of halogens is 1. The summed E-state index contributed by atoms with van der Waals surface area (Å²) in [7, 11) is 1.70. The molecule has 23 heavy (non-hydrogen) atoms. The number of phenolic OH excluding ortho intramolecular Hbond substituents is 1. The Morgan fingerprint density at radius 3 is 2.87 bits per heavy atom. The molecule has 0 aliphatic heterocycles. The molecular formula is C15H13FN4O3. The topological polar surface area (TPSA) is 91.0 Å². The minimum absolute atomic E-state index is 0.0202. The Labute approximate surface area is 130 Å². The number of hydrogen-bond acceptors (Lipinski definition) is 5. The van der Waals surface area contributed by atoms with Gasteiger partial charge in [0, 0.05) is 19.2 Å². The second kappa shape index (κ2) is 5.56. The number of carboxylic acid groups (broad SMARTS) is 1. The molecule has 3 rings (SSSR count). The number of aromatic hydroxyl groups is 1. The monoisotopic (exact) mass is 316 g/mol. The summed E-state index contributed by atoms with van der Waals surface area (Å²) in [5, 5.41) is 23.1. The predicted molar refractivity (Wildman–Crippen MR) is 80.1 cm³/mol. The van der Waals surface area contributed by atoms with E-state index < -0.39 is 11.8 Å². The van der Waals surface area contributed by atoms with Gasteiger partial charge in [-0.3, -0.25) is 0 Å². The highest BCUT2D eigenvalue weighted by Gasteiger charge is 2.14. The second-order valence-corrected chi connectivity index (χ2v) is 5.04. The zero-order valence-electron chi connectivity index (χ0n) is 12.1. The van der Waals surface area contributed by atoms with E-state index in [0.29, 0.717) is 17.0 Å². The van der Waals surface area contributed by atoms with Crippen LogP contribution >= 0.6 is 0 Å². The van der Waals surface area contributed by atoms with Crippen LogP contribution in [-0.4, -0.2) is 37.8 Å². The quantitative estimate of drug-likeness (QED) is 0.764. The smallest absolute Gasteiger partial charge is 0.356 e. The molecule has 0 fully saturated rings. The maximum atomic E-state index is 13.3. The summed E-state index contributed by atoms with van der Waals surface area (Å²) in [6.45, 7) is 0.208. The maximum Gasteiger partial charge on any atom is 0.356 e. The Morgan fingerprint density at radius 2 is 2.13 bits per heavy atom. The molecule has 0 aliphatic carbocycles. The first-order valence-electron chi connectivity index (χ1n) is 6.72. The van der Waals surface area contributed by atoms with Gasteiger partial charge in [0.2, 0.25) is 0 Å². The molecule has 1 aromatic carbocycles. The van der Waals surface area contributed by atoms with E-state index in [4.69, 9.17) is 5.11 Å². The maximum absolute atomic E-state index is 13.3. The number of rotatable bonds is 4. The Hall–Kier alpha value is -3.16. The molecule has 3 aromatic rings. The van der Waals surface area contributed by atoms with E-state index in [-0.39, 0.29) is 18.0 Å². The average Bonchev–Trinajstić information content (AvgIpc) is 2.94. The lowest BCUT2D eigenvalue weighted by Gasteiger charge is -2.19. The van der Waals surface area contributed by atoms with E-state index in [1.54, 1.807) is 24.1 Å². The normalized spacial score (nSPS) is 10.9. The third-order valence-electron chi connectivity index (χ3n) is 3.41. The van der Waals surface area contributed by atoms with Crippen molar-refractivity contribution < 1.29 is 19.4 Å². The molecule has 2 aromatic heterocycles. The predicted octanol–water partition coefficient (Wildman–Crippen LogP) is 1.91. The van der Waals surface area contributed by atoms with Crippen LogP contribution in [0.1, 0.15) is 16.1 Å². The minimum atomic E-state index is -1.13. The Kier molecular flexibility index (Phi) is 3.57. The van der Waals surface area contributed by atoms with Crippen molar-refractivity contribution in [2.45, 2.75) is 6.54 Å². The summed E-state index contributed by atoms with van der Waals surface area (Å²) in [6.07, 6.45) is 1.23. The van der Waals surface area contributed by atoms with Crippen LogP contribution in [0.5, 0.6) is 5.75 Å². The lowest BCUT2D eigenvalue weighted by Crippen LogP contribution is -2.19. The molecule has 0 bridgehead atoms. The van der Waals surface area contributed by atoms with Gasteiger partial charge in [-0.05, 0) is 30.3 Å². The number of aromatic nitrogens is 3. The second-order valence-electron chi connectivity index (χ2n) is 5.04. The molecule has 0 amide bonds. The molecule has 2 N–H and O–H groups in total. The van der Waals surface area contributed by atoms with E-state index in [9.17, 15) is 14.3 Å². The van der Waals surface area contributed by atoms with E-state index in [2.05, 4.69) is 10.1 Å². The van der Waals surface area contributed by atoms with Crippen molar-refractivity contribution in [3.8, 4) is 5.75 Å². The van der Waals surface area contributed by atoms with Gasteiger partial charge in [-0.15, -0.1) is 5.10 Å². The molecule has 0 unspecified atom stereocenters. The fraction of sp³-hybridized carbons (Fsp3) is 0.133. The fourth-order valence-corrected chi connectivity index (χ4v) is 2.23. The van der Waals surface area contributed by atoms with Gasteiger partial charge in [-0.1, -0.05) is 0 Å². The van der Waals surface area contributed by atoms with Gasteiger partial charge < -0.3 is 15.1 Å². The minimum Gasteiger partial charge on any atom is -0.508 e. The van der Waals surface area contributed by atoms with Gasteiger partial charge in [-0.25, -0.2) is 18.7 Å². The number of anilines is 1. The van der Waals surface area contributed by atoms with Crippen molar-refractivity contribution in [1.29, 1.82) is 0 Å².